The molecule has 1 aromatic carbocycles. The van der Waals surface area contributed by atoms with Gasteiger partial charge in [-0.2, -0.15) is 0 Å². The quantitative estimate of drug-likeness (QED) is 0.475. The molecule has 0 saturated carbocycles. The Morgan fingerprint density at radius 1 is 1.28 bits per heavy atom. The van der Waals surface area contributed by atoms with Crippen LogP contribution in [0.25, 0.3) is 0 Å². The van der Waals surface area contributed by atoms with E-state index in [0.717, 1.165) is 0 Å². The Morgan fingerprint density at radius 3 is 2.39 bits per heavy atom. The van der Waals surface area contributed by atoms with Crippen molar-refractivity contribution in [3.63, 3.8) is 0 Å². The van der Waals surface area contributed by atoms with Crippen LogP contribution < -0.4 is 0 Å². The van der Waals surface area contributed by atoms with E-state index < -0.39 is 8.24 Å². The van der Waals surface area contributed by atoms with Crippen molar-refractivity contribution >= 4 is 14.2 Å². The Bertz CT molecular complexity index is 427. The van der Waals surface area contributed by atoms with Crippen LogP contribution in [0.2, 0.25) is 19.6 Å². The number of esters is 1. The van der Waals surface area contributed by atoms with E-state index in [2.05, 4.69) is 36.3 Å². The molecule has 1 unspecified atom stereocenters. The lowest BCUT2D eigenvalue weighted by Gasteiger charge is -2.19. The molecule has 0 radical (unpaired) electrons. The normalized spacial score (nSPS) is 26.8. The average Bonchev–Trinajstić information content (AvgIpc) is 3.05. The second kappa shape index (κ2) is 4.86. The molecule has 1 heterocycles. The molecule has 3 atom stereocenters. The van der Waals surface area contributed by atoms with Crippen LogP contribution in [0.3, 0.4) is 0 Å². The van der Waals surface area contributed by atoms with E-state index in [-0.39, 0.29) is 18.1 Å². The first-order valence-electron chi connectivity index (χ1n) is 6.47. The van der Waals surface area contributed by atoms with E-state index in [4.69, 9.17) is 4.74 Å². The number of carbonyl (C=O) groups is 1. The van der Waals surface area contributed by atoms with Crippen LogP contribution in [-0.2, 0) is 9.53 Å². The fourth-order valence-electron chi connectivity index (χ4n) is 2.53. The highest BCUT2D eigenvalue weighted by molar-refractivity contribution is 6.74. The fourth-order valence-corrected chi connectivity index (χ4v) is 4.67. The van der Waals surface area contributed by atoms with E-state index in [1.54, 1.807) is 0 Å². The van der Waals surface area contributed by atoms with Crippen molar-refractivity contribution in [1.82, 2.24) is 4.57 Å². The molecule has 98 valence electrons. The van der Waals surface area contributed by atoms with Gasteiger partial charge in [0.25, 0.3) is 0 Å². The summed E-state index contributed by atoms with van der Waals surface area (Å²) >= 11 is 0. The Morgan fingerprint density at radius 2 is 1.89 bits per heavy atom. The summed E-state index contributed by atoms with van der Waals surface area (Å²) in [5, 5.41) is 0. The minimum Gasteiger partial charge on any atom is -0.465 e. The molecule has 3 nitrogen and oxygen atoms in total. The van der Waals surface area contributed by atoms with E-state index in [1.807, 2.05) is 25.1 Å². The van der Waals surface area contributed by atoms with Gasteiger partial charge in [-0.25, -0.2) is 0 Å². The highest BCUT2D eigenvalue weighted by atomic mass is 28.3. The summed E-state index contributed by atoms with van der Waals surface area (Å²) in [6, 6.07) is 10.4. The first kappa shape index (κ1) is 13.3. The van der Waals surface area contributed by atoms with Gasteiger partial charge in [0.2, 0.25) is 0 Å². The van der Waals surface area contributed by atoms with Crippen molar-refractivity contribution in [2.75, 3.05) is 6.61 Å². The number of hydrogen-bond donors (Lipinski definition) is 0. The van der Waals surface area contributed by atoms with Crippen LogP contribution in [0.5, 0.6) is 0 Å². The molecule has 0 aliphatic carbocycles. The van der Waals surface area contributed by atoms with Crippen LogP contribution in [-0.4, -0.2) is 31.4 Å². The van der Waals surface area contributed by atoms with Crippen molar-refractivity contribution in [2.45, 2.75) is 38.6 Å². The predicted octanol–water partition coefficient (Wildman–Crippen LogP) is 2.81. The summed E-state index contributed by atoms with van der Waals surface area (Å²) in [5.41, 5.74) is 1.22. The molecule has 0 spiro atoms. The van der Waals surface area contributed by atoms with Crippen molar-refractivity contribution in [2.24, 2.45) is 0 Å². The Kier molecular flexibility index (Phi) is 3.59. The molecular weight excluding hydrogens is 242 g/mol. The molecule has 1 aromatic rings. The maximum atomic E-state index is 12.0. The van der Waals surface area contributed by atoms with Gasteiger partial charge in [0.05, 0.1) is 12.6 Å². The van der Waals surface area contributed by atoms with Crippen molar-refractivity contribution in [3.8, 4) is 0 Å². The van der Waals surface area contributed by atoms with E-state index >= 15 is 0 Å². The largest absolute Gasteiger partial charge is 0.465 e. The molecule has 2 rings (SSSR count). The first-order chi connectivity index (χ1) is 8.46. The maximum Gasteiger partial charge on any atom is 0.324 e. The van der Waals surface area contributed by atoms with Crippen molar-refractivity contribution in [1.29, 1.82) is 0 Å². The summed E-state index contributed by atoms with van der Waals surface area (Å²) in [6.07, 6.45) is 0. The molecule has 1 aliphatic rings. The summed E-state index contributed by atoms with van der Waals surface area (Å²) in [6.45, 7) is 9.11. The second-order valence-corrected chi connectivity index (χ2v) is 10.5. The van der Waals surface area contributed by atoms with Gasteiger partial charge in [-0.3, -0.25) is 4.79 Å². The lowest BCUT2D eigenvalue weighted by atomic mass is 10.1. The van der Waals surface area contributed by atoms with E-state index in [0.29, 0.717) is 6.61 Å². The number of benzene rings is 1. The number of hydrogen-bond acceptors (Lipinski definition) is 3. The lowest BCUT2D eigenvalue weighted by molar-refractivity contribution is -0.143. The van der Waals surface area contributed by atoms with Gasteiger partial charge in [0, 0.05) is 0 Å². The van der Waals surface area contributed by atoms with Crippen LogP contribution in [0, 0.1) is 0 Å². The number of nitrogens with zero attached hydrogens (tertiary/aromatic N) is 1. The fraction of sp³-hybridized carbons (Fsp3) is 0.500. The smallest absolute Gasteiger partial charge is 0.324 e. The highest BCUT2D eigenvalue weighted by Crippen LogP contribution is 2.47. The zero-order valence-corrected chi connectivity index (χ0v) is 12.5. The molecule has 0 aromatic heterocycles. The third-order valence-electron chi connectivity index (χ3n) is 3.25. The maximum absolute atomic E-state index is 12.0. The summed E-state index contributed by atoms with van der Waals surface area (Å²) in [7, 11) is -1.49. The van der Waals surface area contributed by atoms with Crippen LogP contribution in [0.15, 0.2) is 30.3 Å². The monoisotopic (exact) mass is 263 g/mol. The summed E-state index contributed by atoms with van der Waals surface area (Å²) < 4.78 is 7.53. The Hall–Kier alpha value is -1.13. The second-order valence-electron chi connectivity index (χ2n) is 5.63. The molecule has 0 bridgehead atoms. The molecule has 1 fully saturated rings. The first-order valence-corrected chi connectivity index (χ1v) is 9.91. The lowest BCUT2D eigenvalue weighted by Crippen LogP contribution is -2.35. The third kappa shape index (κ3) is 2.49. The number of ether oxygens (including phenoxy) is 1. The van der Waals surface area contributed by atoms with Gasteiger partial charge in [-0.15, -0.1) is 0 Å². The summed E-state index contributed by atoms with van der Waals surface area (Å²) in [4.78, 5) is 12.0. The van der Waals surface area contributed by atoms with Gasteiger partial charge < -0.3 is 9.30 Å². The molecule has 1 aliphatic heterocycles. The average molecular weight is 263 g/mol. The van der Waals surface area contributed by atoms with Crippen LogP contribution in [0.1, 0.15) is 18.5 Å². The molecule has 1 saturated heterocycles. The number of carbonyl (C=O) groups excluding carboxylic acids is 1. The van der Waals surface area contributed by atoms with Gasteiger partial charge in [-0.05, 0) is 12.5 Å². The highest BCUT2D eigenvalue weighted by Gasteiger charge is 2.58. The Balaban J connectivity index is 2.21. The molecular formula is C14H21NO2Si. The Labute approximate surface area is 110 Å². The van der Waals surface area contributed by atoms with Crippen LogP contribution >= 0.6 is 0 Å². The van der Waals surface area contributed by atoms with Crippen molar-refractivity contribution in [3.05, 3.63) is 35.9 Å². The van der Waals surface area contributed by atoms with E-state index in [1.165, 1.54) is 5.56 Å². The van der Waals surface area contributed by atoms with Gasteiger partial charge in [-0.1, -0.05) is 50.0 Å². The minimum absolute atomic E-state index is 0.0704. The SMILES string of the molecule is CCOC(=O)[C@H]1[C@@H](c2ccccc2)N1[Si](C)(C)C. The molecule has 0 N–H and O–H groups in total. The van der Waals surface area contributed by atoms with Crippen molar-refractivity contribution < 1.29 is 9.53 Å². The third-order valence-corrected chi connectivity index (χ3v) is 5.36. The van der Waals surface area contributed by atoms with Gasteiger partial charge >= 0.3 is 5.97 Å². The zero-order valence-electron chi connectivity index (χ0n) is 11.5. The molecule has 0 amide bonds. The van der Waals surface area contributed by atoms with Crippen LogP contribution in [0.4, 0.5) is 0 Å². The predicted molar refractivity (Wildman–Crippen MR) is 74.8 cm³/mol. The minimum atomic E-state index is -1.49. The van der Waals surface area contributed by atoms with Gasteiger partial charge in [0.1, 0.15) is 14.3 Å². The zero-order chi connectivity index (χ0) is 13.3. The molecule has 4 heteroatoms. The summed E-state index contributed by atoms with van der Waals surface area (Å²) in [5.74, 6) is -0.0752. The number of rotatable bonds is 4. The van der Waals surface area contributed by atoms with E-state index in [9.17, 15) is 4.79 Å². The van der Waals surface area contributed by atoms with Gasteiger partial charge in [0.15, 0.2) is 0 Å². The standard InChI is InChI=1S/C14H21NO2Si/c1-5-17-14(16)13-12(15(13)18(2,3)4)11-9-7-6-8-10-11/h6-10,12-13H,5H2,1-4H3/t12-,13-,15?/m1/s1. The topological polar surface area (TPSA) is 29.3 Å². The molecule has 18 heavy (non-hydrogen) atoms.